The lowest BCUT2D eigenvalue weighted by atomic mass is 9.79. The molecular weight excluding hydrogens is 180 g/mol. The Labute approximate surface area is 97.8 Å². The summed E-state index contributed by atoms with van der Waals surface area (Å²) in [5.74, 6) is 4.37. The van der Waals surface area contributed by atoms with E-state index in [1.54, 1.807) is 0 Å². The summed E-state index contributed by atoms with van der Waals surface area (Å²) in [4.78, 5) is 0. The van der Waals surface area contributed by atoms with Gasteiger partial charge in [-0.25, -0.2) is 0 Å². The molecule has 92 valence electrons. The lowest BCUT2D eigenvalue weighted by molar-refractivity contribution is 0.242. The van der Waals surface area contributed by atoms with Gasteiger partial charge in [0.15, 0.2) is 0 Å². The molecule has 0 saturated carbocycles. The molecule has 0 N–H and O–H groups in total. The van der Waals surface area contributed by atoms with Crippen molar-refractivity contribution in [3.8, 4) is 0 Å². The van der Waals surface area contributed by atoms with Crippen LogP contribution in [0.25, 0.3) is 0 Å². The maximum atomic E-state index is 2.41. The Morgan fingerprint density at radius 2 is 1.20 bits per heavy atom. The summed E-state index contributed by atoms with van der Waals surface area (Å²) < 4.78 is 0. The third-order valence-corrected chi connectivity index (χ3v) is 3.87. The van der Waals surface area contributed by atoms with E-state index in [2.05, 4.69) is 48.5 Å². The van der Waals surface area contributed by atoms with Crippen molar-refractivity contribution in [2.24, 2.45) is 29.6 Å². The van der Waals surface area contributed by atoms with Gasteiger partial charge in [0.05, 0.1) is 0 Å². The zero-order valence-electron chi connectivity index (χ0n) is 12.0. The maximum absolute atomic E-state index is 2.41. The normalized spacial score (nSPS) is 16.4. The van der Waals surface area contributed by atoms with Crippen LogP contribution in [0.5, 0.6) is 0 Å². The van der Waals surface area contributed by atoms with Gasteiger partial charge in [-0.2, -0.15) is 0 Å². The van der Waals surface area contributed by atoms with Gasteiger partial charge in [-0.15, -0.1) is 0 Å². The van der Waals surface area contributed by atoms with E-state index in [9.17, 15) is 0 Å². The summed E-state index contributed by atoms with van der Waals surface area (Å²) in [6, 6.07) is 0. The molecule has 0 aliphatic carbocycles. The summed E-state index contributed by atoms with van der Waals surface area (Å²) >= 11 is 0. The molecule has 0 aliphatic rings. The van der Waals surface area contributed by atoms with Crippen molar-refractivity contribution in [1.29, 1.82) is 0 Å². The van der Waals surface area contributed by atoms with E-state index in [0.717, 1.165) is 29.6 Å². The molecule has 0 bridgehead atoms. The predicted molar refractivity (Wildman–Crippen MR) is 71.0 cm³/mol. The molecule has 0 aromatic heterocycles. The first-order valence-corrected chi connectivity index (χ1v) is 6.84. The molecule has 0 fully saturated rings. The zero-order valence-corrected chi connectivity index (χ0v) is 12.0. The molecule has 0 amide bonds. The Morgan fingerprint density at radius 1 is 0.667 bits per heavy atom. The van der Waals surface area contributed by atoms with Crippen molar-refractivity contribution in [2.45, 2.75) is 67.7 Å². The Bertz CT molecular complexity index is 144. The van der Waals surface area contributed by atoms with Gasteiger partial charge in [0.1, 0.15) is 0 Å². The van der Waals surface area contributed by atoms with E-state index in [0.29, 0.717) is 0 Å². The molecule has 0 saturated heterocycles. The van der Waals surface area contributed by atoms with Crippen LogP contribution in [0.3, 0.4) is 0 Å². The van der Waals surface area contributed by atoms with E-state index < -0.39 is 0 Å². The molecule has 0 aromatic carbocycles. The summed E-state index contributed by atoms with van der Waals surface area (Å²) in [5.41, 5.74) is 0. The van der Waals surface area contributed by atoms with Crippen molar-refractivity contribution < 1.29 is 0 Å². The third-order valence-electron chi connectivity index (χ3n) is 3.87. The number of hydrogen-bond donors (Lipinski definition) is 0. The van der Waals surface area contributed by atoms with Gasteiger partial charge in [0, 0.05) is 0 Å². The minimum Gasteiger partial charge on any atom is -0.0628 e. The summed E-state index contributed by atoms with van der Waals surface area (Å²) in [7, 11) is 0. The van der Waals surface area contributed by atoms with Crippen LogP contribution in [0.4, 0.5) is 0 Å². The molecule has 0 heterocycles. The molecule has 0 nitrogen and oxygen atoms in total. The van der Waals surface area contributed by atoms with E-state index >= 15 is 0 Å². The summed E-state index contributed by atoms with van der Waals surface area (Å²) in [6.07, 6.45) is 4.24. The van der Waals surface area contributed by atoms with E-state index in [-0.39, 0.29) is 0 Å². The number of hydrogen-bond acceptors (Lipinski definition) is 0. The van der Waals surface area contributed by atoms with Crippen LogP contribution >= 0.6 is 0 Å². The topological polar surface area (TPSA) is 0 Å². The second kappa shape index (κ2) is 7.30. The highest BCUT2D eigenvalue weighted by atomic mass is 14.2. The van der Waals surface area contributed by atoms with Crippen molar-refractivity contribution in [2.75, 3.05) is 0 Å². The van der Waals surface area contributed by atoms with Gasteiger partial charge >= 0.3 is 0 Å². The Kier molecular flexibility index (Phi) is 7.30. The van der Waals surface area contributed by atoms with Crippen molar-refractivity contribution in [1.82, 2.24) is 0 Å². The molecule has 2 unspecified atom stereocenters. The predicted octanol–water partition coefficient (Wildman–Crippen LogP) is 5.38. The van der Waals surface area contributed by atoms with Crippen LogP contribution in [0.15, 0.2) is 0 Å². The van der Waals surface area contributed by atoms with E-state index in [1.807, 2.05) is 0 Å². The first-order chi connectivity index (χ1) is 6.84. The molecule has 0 aromatic rings. The molecule has 0 aliphatic heterocycles. The zero-order chi connectivity index (χ0) is 12.0. The average molecular weight is 212 g/mol. The van der Waals surface area contributed by atoms with E-state index in [1.165, 1.54) is 19.3 Å². The Balaban J connectivity index is 4.04. The SMILES string of the molecule is CC(C)CCC(CC(C)C(C)C)C(C)C. The molecule has 15 heavy (non-hydrogen) atoms. The maximum Gasteiger partial charge on any atom is -0.0388 e. The highest BCUT2D eigenvalue weighted by Crippen LogP contribution is 2.29. The first kappa shape index (κ1) is 15.0. The van der Waals surface area contributed by atoms with E-state index in [4.69, 9.17) is 0 Å². The monoisotopic (exact) mass is 212 g/mol. The third kappa shape index (κ3) is 6.98. The van der Waals surface area contributed by atoms with Crippen LogP contribution in [0.2, 0.25) is 0 Å². The molecular formula is C15H32. The summed E-state index contributed by atoms with van der Waals surface area (Å²) in [6.45, 7) is 16.6. The molecule has 0 heteroatoms. The second-order valence-electron chi connectivity index (χ2n) is 6.43. The lowest BCUT2D eigenvalue weighted by Gasteiger charge is -2.27. The Morgan fingerprint density at radius 3 is 1.53 bits per heavy atom. The molecule has 0 spiro atoms. The summed E-state index contributed by atoms with van der Waals surface area (Å²) in [5, 5.41) is 0. The van der Waals surface area contributed by atoms with Crippen LogP contribution in [0.1, 0.15) is 67.7 Å². The average Bonchev–Trinajstić information content (AvgIpc) is 2.10. The fourth-order valence-corrected chi connectivity index (χ4v) is 2.02. The van der Waals surface area contributed by atoms with Gasteiger partial charge in [-0.3, -0.25) is 0 Å². The molecule has 2 atom stereocenters. The van der Waals surface area contributed by atoms with Crippen LogP contribution in [-0.4, -0.2) is 0 Å². The standard InChI is InChI=1S/C15H32/c1-11(2)8-9-15(13(5)6)10-14(7)12(3)4/h11-15H,8-10H2,1-7H3. The van der Waals surface area contributed by atoms with Crippen molar-refractivity contribution in [3.63, 3.8) is 0 Å². The fourth-order valence-electron chi connectivity index (χ4n) is 2.02. The van der Waals surface area contributed by atoms with Gasteiger partial charge in [-0.05, 0) is 42.4 Å². The number of rotatable bonds is 7. The van der Waals surface area contributed by atoms with Gasteiger partial charge in [0.25, 0.3) is 0 Å². The van der Waals surface area contributed by atoms with Crippen LogP contribution in [-0.2, 0) is 0 Å². The minimum absolute atomic E-state index is 0.838. The van der Waals surface area contributed by atoms with Gasteiger partial charge < -0.3 is 0 Å². The Hall–Kier alpha value is 0. The minimum atomic E-state index is 0.838. The van der Waals surface area contributed by atoms with Crippen molar-refractivity contribution >= 4 is 0 Å². The highest BCUT2D eigenvalue weighted by molar-refractivity contribution is 4.69. The van der Waals surface area contributed by atoms with Gasteiger partial charge in [0.2, 0.25) is 0 Å². The smallest absolute Gasteiger partial charge is 0.0388 e. The fraction of sp³-hybridized carbons (Fsp3) is 1.00. The molecule has 0 radical (unpaired) electrons. The first-order valence-electron chi connectivity index (χ1n) is 6.84. The van der Waals surface area contributed by atoms with Gasteiger partial charge in [-0.1, -0.05) is 54.9 Å². The largest absolute Gasteiger partial charge is 0.0628 e. The molecule has 0 rings (SSSR count). The van der Waals surface area contributed by atoms with Crippen molar-refractivity contribution in [3.05, 3.63) is 0 Å². The van der Waals surface area contributed by atoms with Crippen LogP contribution < -0.4 is 0 Å². The highest BCUT2D eigenvalue weighted by Gasteiger charge is 2.18. The second-order valence-corrected chi connectivity index (χ2v) is 6.43. The quantitative estimate of drug-likeness (QED) is 0.531. The van der Waals surface area contributed by atoms with Crippen LogP contribution in [0, 0.1) is 29.6 Å². The lowest BCUT2D eigenvalue weighted by Crippen LogP contribution is -2.16.